The molecule has 8 heteroatoms. The lowest BCUT2D eigenvalue weighted by Crippen LogP contribution is -2.49. The van der Waals surface area contributed by atoms with Crippen molar-refractivity contribution >= 4 is 23.7 Å². The van der Waals surface area contributed by atoms with Crippen LogP contribution >= 0.6 is 11.8 Å². The Morgan fingerprint density at radius 3 is 2.48 bits per heavy atom. The highest BCUT2D eigenvalue weighted by molar-refractivity contribution is 8.00. The van der Waals surface area contributed by atoms with Gasteiger partial charge in [0.2, 0.25) is 11.1 Å². The maximum atomic E-state index is 12.3. The fourth-order valence-electron chi connectivity index (χ4n) is 2.52. The van der Waals surface area contributed by atoms with Gasteiger partial charge in [-0.05, 0) is 52.7 Å². The van der Waals surface area contributed by atoms with E-state index in [1.54, 1.807) is 6.92 Å². The van der Waals surface area contributed by atoms with Gasteiger partial charge in [-0.2, -0.15) is 0 Å². The van der Waals surface area contributed by atoms with Crippen molar-refractivity contribution in [1.29, 1.82) is 0 Å². The fourth-order valence-corrected chi connectivity index (χ4v) is 3.27. The van der Waals surface area contributed by atoms with Gasteiger partial charge < -0.3 is 5.32 Å². The molecular weight excluding hydrogens is 362 g/mol. The van der Waals surface area contributed by atoms with Crippen LogP contribution in [-0.4, -0.2) is 37.5 Å². The van der Waals surface area contributed by atoms with Crippen molar-refractivity contribution in [3.63, 3.8) is 0 Å². The highest BCUT2D eigenvalue weighted by Gasteiger charge is 2.31. The number of hydrogen-bond acceptors (Lipinski definition) is 5. The molecule has 1 aliphatic rings. The minimum Gasteiger partial charge on any atom is -0.333 e. The standard InChI is InChI=1S/C19H25N5O2S/c1-12(16(25)21-17(26)22-19(2,3)4)27-18-20-15(13-10-11-13)24(23-18)14-8-6-5-7-9-14/h5-9,12-13H,10-11H2,1-4H3,(H2,21,22,25,26)/t12-/m0/s1. The first-order valence-electron chi connectivity index (χ1n) is 9.05. The first kappa shape index (κ1) is 19.4. The van der Waals surface area contributed by atoms with Crippen LogP contribution in [0.2, 0.25) is 0 Å². The summed E-state index contributed by atoms with van der Waals surface area (Å²) in [6, 6.07) is 9.36. The molecule has 0 saturated heterocycles. The van der Waals surface area contributed by atoms with E-state index in [9.17, 15) is 9.59 Å². The molecule has 2 aromatic rings. The number of aromatic nitrogens is 3. The van der Waals surface area contributed by atoms with Crippen molar-refractivity contribution in [3.8, 4) is 5.69 Å². The number of benzene rings is 1. The van der Waals surface area contributed by atoms with Crippen LogP contribution in [0.15, 0.2) is 35.5 Å². The molecule has 0 spiro atoms. The quantitative estimate of drug-likeness (QED) is 0.769. The second-order valence-electron chi connectivity index (χ2n) is 7.73. The molecular formula is C19H25N5O2S. The van der Waals surface area contributed by atoms with Crippen molar-refractivity contribution in [3.05, 3.63) is 36.2 Å². The van der Waals surface area contributed by atoms with Gasteiger partial charge in [0.05, 0.1) is 10.9 Å². The molecule has 1 fully saturated rings. The smallest absolute Gasteiger partial charge is 0.321 e. The summed E-state index contributed by atoms with van der Waals surface area (Å²) >= 11 is 1.25. The minimum atomic E-state index is -0.499. The number of carbonyl (C=O) groups excluding carboxylic acids is 2. The van der Waals surface area contributed by atoms with E-state index in [4.69, 9.17) is 0 Å². The van der Waals surface area contributed by atoms with Crippen molar-refractivity contribution in [2.24, 2.45) is 0 Å². The molecule has 3 amide bonds. The van der Waals surface area contributed by atoms with E-state index in [-0.39, 0.29) is 5.91 Å². The topological polar surface area (TPSA) is 88.9 Å². The summed E-state index contributed by atoms with van der Waals surface area (Å²) in [6.45, 7) is 7.31. The van der Waals surface area contributed by atoms with Crippen LogP contribution in [0.5, 0.6) is 0 Å². The molecule has 144 valence electrons. The number of nitrogens with one attached hydrogen (secondary N) is 2. The Kier molecular flexibility index (Phi) is 5.55. The Balaban J connectivity index is 1.68. The lowest BCUT2D eigenvalue weighted by atomic mass is 10.1. The number of carbonyl (C=O) groups is 2. The summed E-state index contributed by atoms with van der Waals surface area (Å²) in [4.78, 5) is 28.8. The Morgan fingerprint density at radius 2 is 1.89 bits per heavy atom. The van der Waals surface area contributed by atoms with Gasteiger partial charge in [0.15, 0.2) is 0 Å². The molecule has 27 heavy (non-hydrogen) atoms. The third-order valence-electron chi connectivity index (χ3n) is 3.93. The molecule has 2 N–H and O–H groups in total. The normalized spacial score (nSPS) is 15.3. The molecule has 1 aromatic heterocycles. The molecule has 1 aromatic carbocycles. The van der Waals surface area contributed by atoms with E-state index in [2.05, 4.69) is 20.7 Å². The van der Waals surface area contributed by atoms with E-state index in [0.717, 1.165) is 24.4 Å². The molecule has 0 bridgehead atoms. The van der Waals surface area contributed by atoms with Gasteiger partial charge in [0.1, 0.15) is 5.82 Å². The zero-order valence-corrected chi connectivity index (χ0v) is 16.8. The SMILES string of the molecule is C[C@H](Sc1nc(C2CC2)n(-c2ccccc2)n1)C(=O)NC(=O)NC(C)(C)C. The summed E-state index contributed by atoms with van der Waals surface area (Å²) < 4.78 is 1.86. The zero-order chi connectivity index (χ0) is 19.6. The van der Waals surface area contributed by atoms with Crippen molar-refractivity contribution in [1.82, 2.24) is 25.4 Å². The molecule has 0 radical (unpaired) electrons. The number of nitrogens with zero attached hydrogens (tertiary/aromatic N) is 3. The number of thioether (sulfide) groups is 1. The maximum Gasteiger partial charge on any atom is 0.321 e. The highest BCUT2D eigenvalue weighted by atomic mass is 32.2. The Labute approximate surface area is 163 Å². The van der Waals surface area contributed by atoms with Gasteiger partial charge in [0.25, 0.3) is 0 Å². The van der Waals surface area contributed by atoms with E-state index in [0.29, 0.717) is 11.1 Å². The summed E-state index contributed by atoms with van der Waals surface area (Å²) in [7, 11) is 0. The number of urea groups is 1. The van der Waals surface area contributed by atoms with Gasteiger partial charge in [-0.1, -0.05) is 30.0 Å². The number of amides is 3. The van der Waals surface area contributed by atoms with Crippen molar-refractivity contribution in [2.75, 3.05) is 0 Å². The van der Waals surface area contributed by atoms with Gasteiger partial charge in [0, 0.05) is 11.5 Å². The van der Waals surface area contributed by atoms with Crippen LogP contribution < -0.4 is 10.6 Å². The molecule has 1 aliphatic carbocycles. The largest absolute Gasteiger partial charge is 0.333 e. The van der Waals surface area contributed by atoms with Crippen LogP contribution in [-0.2, 0) is 4.79 Å². The molecule has 0 aliphatic heterocycles. The number of hydrogen-bond donors (Lipinski definition) is 2. The Hall–Kier alpha value is -2.35. The van der Waals surface area contributed by atoms with Gasteiger partial charge >= 0.3 is 6.03 Å². The van der Waals surface area contributed by atoms with Crippen molar-refractivity contribution in [2.45, 2.75) is 62.4 Å². The molecule has 1 heterocycles. The van der Waals surface area contributed by atoms with Gasteiger partial charge in [-0.15, -0.1) is 5.10 Å². The predicted molar refractivity (Wildman–Crippen MR) is 105 cm³/mol. The second-order valence-corrected chi connectivity index (χ2v) is 9.04. The van der Waals surface area contributed by atoms with Gasteiger partial charge in [-0.3, -0.25) is 10.1 Å². The van der Waals surface area contributed by atoms with Crippen LogP contribution in [0.25, 0.3) is 5.69 Å². The van der Waals surface area contributed by atoms with Crippen LogP contribution in [0.3, 0.4) is 0 Å². The number of para-hydroxylation sites is 1. The molecule has 7 nitrogen and oxygen atoms in total. The fraction of sp³-hybridized carbons (Fsp3) is 0.474. The van der Waals surface area contributed by atoms with E-state index >= 15 is 0 Å². The van der Waals surface area contributed by atoms with E-state index in [1.165, 1.54) is 11.8 Å². The minimum absolute atomic E-state index is 0.370. The monoisotopic (exact) mass is 387 g/mol. The van der Waals surface area contributed by atoms with Gasteiger partial charge in [-0.25, -0.2) is 14.5 Å². The predicted octanol–water partition coefficient (Wildman–Crippen LogP) is 3.25. The average molecular weight is 388 g/mol. The molecule has 1 atom stereocenters. The molecule has 1 saturated carbocycles. The van der Waals surface area contributed by atoms with Crippen molar-refractivity contribution < 1.29 is 9.59 Å². The first-order valence-corrected chi connectivity index (χ1v) is 9.93. The lowest BCUT2D eigenvalue weighted by molar-refractivity contribution is -0.119. The maximum absolute atomic E-state index is 12.3. The third-order valence-corrected chi connectivity index (χ3v) is 4.88. The van der Waals surface area contributed by atoms with E-state index < -0.39 is 16.8 Å². The first-order chi connectivity index (χ1) is 12.7. The zero-order valence-electron chi connectivity index (χ0n) is 16.0. The number of rotatable bonds is 5. The Morgan fingerprint density at radius 1 is 1.22 bits per heavy atom. The Bertz CT molecular complexity index is 824. The summed E-state index contributed by atoms with van der Waals surface area (Å²) in [5.41, 5.74) is 0.552. The summed E-state index contributed by atoms with van der Waals surface area (Å²) in [5.74, 6) is 0.987. The molecule has 3 rings (SSSR count). The number of imide groups is 1. The molecule has 0 unspecified atom stereocenters. The average Bonchev–Trinajstić information content (AvgIpc) is 3.34. The van der Waals surface area contributed by atoms with E-state index in [1.807, 2.05) is 55.8 Å². The third kappa shape index (κ3) is 5.32. The highest BCUT2D eigenvalue weighted by Crippen LogP contribution is 2.40. The lowest BCUT2D eigenvalue weighted by Gasteiger charge is -2.20. The van der Waals surface area contributed by atoms with Crippen LogP contribution in [0, 0.1) is 0 Å². The van der Waals surface area contributed by atoms with Crippen LogP contribution in [0.4, 0.5) is 4.79 Å². The second kappa shape index (κ2) is 7.72. The van der Waals surface area contributed by atoms with Crippen LogP contribution in [0.1, 0.15) is 52.3 Å². The summed E-state index contributed by atoms with van der Waals surface area (Å²) in [6.07, 6.45) is 2.22. The summed E-state index contributed by atoms with van der Waals surface area (Å²) in [5, 5.41) is 9.72.